The van der Waals surface area contributed by atoms with Gasteiger partial charge in [-0.05, 0) is 12.6 Å². The second-order valence-electron chi connectivity index (χ2n) is 4.29. The van der Waals surface area contributed by atoms with Crippen molar-refractivity contribution in [1.29, 1.82) is 0 Å². The zero-order valence-electron chi connectivity index (χ0n) is 10.0. The number of rotatable bonds is 4. The molecule has 0 saturated carbocycles. The van der Waals surface area contributed by atoms with Crippen molar-refractivity contribution < 1.29 is 14.6 Å². The summed E-state index contributed by atoms with van der Waals surface area (Å²) < 4.78 is 7.56. The molecule has 0 bridgehead atoms. The number of aromatic nitrogens is 1. The first-order valence-corrected chi connectivity index (χ1v) is 5.92. The van der Waals surface area contributed by atoms with Gasteiger partial charge in [0.05, 0.1) is 18.3 Å². The van der Waals surface area contributed by atoms with Gasteiger partial charge in [0.15, 0.2) is 0 Å². The summed E-state index contributed by atoms with van der Waals surface area (Å²) >= 11 is 0. The highest BCUT2D eigenvalue weighted by atomic mass is 16.5. The van der Waals surface area contributed by atoms with Crippen molar-refractivity contribution in [2.24, 2.45) is 0 Å². The van der Waals surface area contributed by atoms with Crippen LogP contribution in [0.25, 0.3) is 0 Å². The molecule has 1 saturated heterocycles. The van der Waals surface area contributed by atoms with E-state index in [-0.39, 0.29) is 6.10 Å². The zero-order valence-corrected chi connectivity index (χ0v) is 10.0. The van der Waals surface area contributed by atoms with Gasteiger partial charge in [-0.1, -0.05) is 6.92 Å². The fourth-order valence-corrected chi connectivity index (χ4v) is 2.09. The Morgan fingerprint density at radius 3 is 3.12 bits per heavy atom. The van der Waals surface area contributed by atoms with Gasteiger partial charge in [-0.15, -0.1) is 0 Å². The van der Waals surface area contributed by atoms with Gasteiger partial charge in [-0.25, -0.2) is 4.79 Å². The first-order valence-electron chi connectivity index (χ1n) is 5.92. The third-order valence-electron chi connectivity index (χ3n) is 3.08. The summed E-state index contributed by atoms with van der Waals surface area (Å²) in [5.41, 5.74) is 0.327. The summed E-state index contributed by atoms with van der Waals surface area (Å²) in [5.74, 6) is -0.886. The molecule has 2 rings (SSSR count). The lowest BCUT2D eigenvalue weighted by Crippen LogP contribution is -2.43. The Balaban J connectivity index is 1.93. The molecule has 1 aromatic heterocycles. The number of nitrogens with zero attached hydrogens (tertiary/aromatic N) is 2. The molecule has 0 spiro atoms. The van der Waals surface area contributed by atoms with E-state index in [9.17, 15) is 4.79 Å². The maximum absolute atomic E-state index is 10.8. The largest absolute Gasteiger partial charge is 0.478 e. The SMILES string of the molecule is CCN1CCOC(Cn2ccc(C(=O)O)c2)C1. The smallest absolute Gasteiger partial charge is 0.337 e. The minimum absolute atomic E-state index is 0.151. The molecular formula is C12H18N2O3. The van der Waals surface area contributed by atoms with Gasteiger partial charge >= 0.3 is 5.97 Å². The standard InChI is InChI=1S/C12H18N2O3/c1-2-13-5-6-17-11(8-13)9-14-4-3-10(7-14)12(15)16/h3-4,7,11H,2,5-6,8-9H2,1H3,(H,15,16). The van der Waals surface area contributed by atoms with Gasteiger partial charge in [0.25, 0.3) is 0 Å². The molecule has 2 heterocycles. The van der Waals surface area contributed by atoms with Crippen LogP contribution in [0.3, 0.4) is 0 Å². The Labute approximate surface area is 101 Å². The molecule has 1 aliphatic heterocycles. The van der Waals surface area contributed by atoms with Crippen LogP contribution in [0.5, 0.6) is 0 Å². The number of carboxylic acids is 1. The molecular weight excluding hydrogens is 220 g/mol. The van der Waals surface area contributed by atoms with Crippen LogP contribution >= 0.6 is 0 Å². The fourth-order valence-electron chi connectivity index (χ4n) is 2.09. The van der Waals surface area contributed by atoms with Gasteiger partial charge < -0.3 is 14.4 Å². The molecule has 1 aliphatic rings. The van der Waals surface area contributed by atoms with Crippen molar-refractivity contribution in [3.63, 3.8) is 0 Å². The second-order valence-corrected chi connectivity index (χ2v) is 4.29. The molecule has 1 unspecified atom stereocenters. The lowest BCUT2D eigenvalue weighted by atomic mass is 10.2. The molecule has 0 aromatic carbocycles. The van der Waals surface area contributed by atoms with E-state index in [0.717, 1.165) is 26.2 Å². The third-order valence-corrected chi connectivity index (χ3v) is 3.08. The molecule has 5 nitrogen and oxygen atoms in total. The lowest BCUT2D eigenvalue weighted by Gasteiger charge is -2.32. The Morgan fingerprint density at radius 1 is 1.65 bits per heavy atom. The van der Waals surface area contributed by atoms with Crippen LogP contribution in [0.2, 0.25) is 0 Å². The predicted molar refractivity (Wildman–Crippen MR) is 63.2 cm³/mol. The summed E-state index contributed by atoms with van der Waals surface area (Å²) in [6.07, 6.45) is 3.59. The number of hydrogen-bond acceptors (Lipinski definition) is 3. The van der Waals surface area contributed by atoms with Gasteiger partial charge in [-0.3, -0.25) is 4.90 Å². The highest BCUT2D eigenvalue weighted by Gasteiger charge is 2.19. The summed E-state index contributed by atoms with van der Waals surface area (Å²) in [6, 6.07) is 1.61. The van der Waals surface area contributed by atoms with Gasteiger partial charge in [-0.2, -0.15) is 0 Å². The molecule has 0 aliphatic carbocycles. The van der Waals surface area contributed by atoms with Crippen molar-refractivity contribution >= 4 is 5.97 Å². The van der Waals surface area contributed by atoms with E-state index in [1.807, 2.05) is 4.57 Å². The van der Waals surface area contributed by atoms with E-state index in [2.05, 4.69) is 11.8 Å². The maximum Gasteiger partial charge on any atom is 0.337 e. The average Bonchev–Trinajstić information content (AvgIpc) is 2.78. The number of ether oxygens (including phenoxy) is 1. The molecule has 17 heavy (non-hydrogen) atoms. The van der Waals surface area contributed by atoms with Gasteiger partial charge in [0, 0.05) is 32.0 Å². The second kappa shape index (κ2) is 5.33. The first-order chi connectivity index (χ1) is 8.19. The number of carbonyl (C=O) groups is 1. The van der Waals surface area contributed by atoms with Crippen molar-refractivity contribution in [2.45, 2.75) is 19.6 Å². The van der Waals surface area contributed by atoms with Crippen molar-refractivity contribution in [1.82, 2.24) is 9.47 Å². The summed E-state index contributed by atoms with van der Waals surface area (Å²) in [7, 11) is 0. The Kier molecular flexibility index (Phi) is 3.81. The number of hydrogen-bond donors (Lipinski definition) is 1. The zero-order chi connectivity index (χ0) is 12.3. The van der Waals surface area contributed by atoms with Crippen molar-refractivity contribution in [2.75, 3.05) is 26.2 Å². The molecule has 0 radical (unpaired) electrons. The van der Waals surface area contributed by atoms with Crippen molar-refractivity contribution in [3.05, 3.63) is 24.0 Å². The Morgan fingerprint density at radius 2 is 2.47 bits per heavy atom. The molecule has 1 fully saturated rings. The maximum atomic E-state index is 10.8. The van der Waals surface area contributed by atoms with Gasteiger partial charge in [0.1, 0.15) is 0 Å². The summed E-state index contributed by atoms with van der Waals surface area (Å²) in [6.45, 7) is 6.54. The number of carboxylic acid groups (broad SMARTS) is 1. The van der Waals surface area contributed by atoms with Crippen LogP contribution in [0.1, 0.15) is 17.3 Å². The highest BCUT2D eigenvalue weighted by molar-refractivity contribution is 5.87. The Hall–Kier alpha value is -1.33. The van der Waals surface area contributed by atoms with E-state index in [0.29, 0.717) is 12.1 Å². The molecule has 0 amide bonds. The number of aromatic carboxylic acids is 1. The predicted octanol–water partition coefficient (Wildman–Crippen LogP) is 0.907. The van der Waals surface area contributed by atoms with E-state index in [1.54, 1.807) is 18.5 Å². The minimum atomic E-state index is -0.886. The highest BCUT2D eigenvalue weighted by Crippen LogP contribution is 2.09. The van der Waals surface area contributed by atoms with Gasteiger partial charge in [0.2, 0.25) is 0 Å². The quantitative estimate of drug-likeness (QED) is 0.847. The van der Waals surface area contributed by atoms with Crippen LogP contribution in [-0.2, 0) is 11.3 Å². The average molecular weight is 238 g/mol. The first kappa shape index (κ1) is 12.1. The number of morpholine rings is 1. The van der Waals surface area contributed by atoms with E-state index in [1.165, 1.54) is 0 Å². The topological polar surface area (TPSA) is 54.7 Å². The monoisotopic (exact) mass is 238 g/mol. The minimum Gasteiger partial charge on any atom is -0.478 e. The molecule has 94 valence electrons. The normalized spacial score (nSPS) is 21.6. The van der Waals surface area contributed by atoms with Crippen LogP contribution in [0, 0.1) is 0 Å². The molecule has 1 N–H and O–H groups in total. The summed E-state index contributed by atoms with van der Waals surface area (Å²) in [4.78, 5) is 13.1. The van der Waals surface area contributed by atoms with Crippen LogP contribution < -0.4 is 0 Å². The van der Waals surface area contributed by atoms with E-state index >= 15 is 0 Å². The van der Waals surface area contributed by atoms with E-state index < -0.39 is 5.97 Å². The molecule has 1 atom stereocenters. The van der Waals surface area contributed by atoms with E-state index in [4.69, 9.17) is 9.84 Å². The van der Waals surface area contributed by atoms with Crippen LogP contribution in [0.15, 0.2) is 18.5 Å². The Bertz CT molecular complexity index is 389. The fraction of sp³-hybridized carbons (Fsp3) is 0.583. The summed E-state index contributed by atoms with van der Waals surface area (Å²) in [5, 5.41) is 8.83. The van der Waals surface area contributed by atoms with Crippen LogP contribution in [-0.4, -0.2) is 52.9 Å². The number of likely N-dealkylation sites (N-methyl/N-ethyl adjacent to an activating group) is 1. The lowest BCUT2D eigenvalue weighted by molar-refractivity contribution is -0.0342. The van der Waals surface area contributed by atoms with Crippen molar-refractivity contribution in [3.8, 4) is 0 Å². The van der Waals surface area contributed by atoms with Crippen LogP contribution in [0.4, 0.5) is 0 Å². The molecule has 1 aromatic rings. The third kappa shape index (κ3) is 3.08. The molecule has 5 heteroatoms.